The Hall–Kier alpha value is -0.100. The Bertz CT molecular complexity index is 530. The zero-order valence-corrected chi connectivity index (χ0v) is 15.1. The molecular formula is C12H25O12S2+. The molecule has 0 amide bonds. The first kappa shape index (κ1) is 23.9. The Morgan fingerprint density at radius 3 is 2.08 bits per heavy atom. The Balaban J connectivity index is 2.95. The minimum Gasteiger partial charge on any atom is -0.394 e. The van der Waals surface area contributed by atoms with Crippen molar-refractivity contribution < 1.29 is 58.0 Å². The van der Waals surface area contributed by atoms with Crippen LogP contribution in [-0.4, -0.2) is 127 Å². The summed E-state index contributed by atoms with van der Waals surface area (Å²) in [5.41, 5.74) is 0. The van der Waals surface area contributed by atoms with Gasteiger partial charge in [-0.1, -0.05) is 0 Å². The monoisotopic (exact) mass is 425 g/mol. The van der Waals surface area contributed by atoms with E-state index in [1.807, 2.05) is 0 Å². The Morgan fingerprint density at radius 2 is 1.62 bits per heavy atom. The second-order valence-corrected chi connectivity index (χ2v) is 9.33. The highest BCUT2D eigenvalue weighted by Gasteiger charge is 2.52. The summed E-state index contributed by atoms with van der Waals surface area (Å²) in [4.78, 5) is 0. The fraction of sp³-hybridized carbons (Fsp3) is 1.00. The van der Waals surface area contributed by atoms with E-state index >= 15 is 0 Å². The lowest BCUT2D eigenvalue weighted by molar-refractivity contribution is -0.129. The predicted octanol–water partition coefficient (Wildman–Crippen LogP) is -5.68. The SMILES string of the molecule is O=S(=O)(O)O[C@@H]([C@H](O)[C@H](O)[C@@H](O)CO)[C@H](O)C[S@+]1C[C@@H](O)[C@H](O)[C@H]1CO. The Labute approximate surface area is 152 Å². The normalized spacial score (nSPS) is 32.8. The maximum Gasteiger partial charge on any atom is 0.397 e. The number of hydrogen-bond donors (Lipinski definition) is 9. The van der Waals surface area contributed by atoms with Crippen LogP contribution in [0.1, 0.15) is 0 Å². The van der Waals surface area contributed by atoms with E-state index in [9.17, 15) is 44.2 Å². The van der Waals surface area contributed by atoms with Gasteiger partial charge in [0.2, 0.25) is 0 Å². The van der Waals surface area contributed by atoms with Crippen LogP contribution >= 0.6 is 0 Å². The summed E-state index contributed by atoms with van der Waals surface area (Å²) in [6.45, 7) is -1.51. The fourth-order valence-corrected chi connectivity index (χ4v) is 5.83. The van der Waals surface area contributed by atoms with Gasteiger partial charge in [0.25, 0.3) is 0 Å². The molecule has 0 aromatic heterocycles. The van der Waals surface area contributed by atoms with Crippen LogP contribution in [0.3, 0.4) is 0 Å². The quantitative estimate of drug-likeness (QED) is 0.118. The molecule has 1 heterocycles. The smallest absolute Gasteiger partial charge is 0.394 e. The van der Waals surface area contributed by atoms with Crippen molar-refractivity contribution in [3.05, 3.63) is 0 Å². The molecule has 0 spiro atoms. The minimum atomic E-state index is -5.17. The van der Waals surface area contributed by atoms with Crippen molar-refractivity contribution in [3.8, 4) is 0 Å². The van der Waals surface area contributed by atoms with Gasteiger partial charge in [-0.25, -0.2) is 4.18 Å². The van der Waals surface area contributed by atoms with E-state index in [1.54, 1.807) is 0 Å². The molecule has 1 aliphatic rings. The molecule has 0 saturated carbocycles. The fourth-order valence-electron chi connectivity index (χ4n) is 2.62. The average Bonchev–Trinajstić information content (AvgIpc) is 2.82. The van der Waals surface area contributed by atoms with E-state index < -0.39 is 82.5 Å². The average molecular weight is 425 g/mol. The summed E-state index contributed by atoms with van der Waals surface area (Å²) in [7, 11) is -6.18. The largest absolute Gasteiger partial charge is 0.397 e. The molecule has 0 aliphatic carbocycles. The van der Waals surface area contributed by atoms with Crippen LogP contribution in [-0.2, 0) is 25.5 Å². The van der Waals surface area contributed by atoms with Crippen molar-refractivity contribution in [2.75, 3.05) is 24.7 Å². The first-order chi connectivity index (χ1) is 11.9. The molecule has 1 aliphatic heterocycles. The standard InChI is InChI=1S/C12H24O12S2/c13-1-5(15)10(19)11(20)12(24-26(21,22)23)7(17)4-25-3-6(16)9(18)8(25)2-14/h5-20H,1-4H2/p+1/t5-,6+,7+,8+,9-,10+,11+,12+,25-/m0/s1. The molecule has 1 rings (SSSR count). The lowest BCUT2D eigenvalue weighted by atomic mass is 10.0. The van der Waals surface area contributed by atoms with Crippen molar-refractivity contribution in [2.24, 2.45) is 0 Å². The number of hydrogen-bond acceptors (Lipinski definition) is 11. The second kappa shape index (κ2) is 9.90. The van der Waals surface area contributed by atoms with E-state index in [1.165, 1.54) is 0 Å². The molecule has 0 aromatic rings. The predicted molar refractivity (Wildman–Crippen MR) is 87.5 cm³/mol. The first-order valence-electron chi connectivity index (χ1n) is 7.55. The van der Waals surface area contributed by atoms with Gasteiger partial charge in [-0.3, -0.25) is 4.55 Å². The van der Waals surface area contributed by atoms with Gasteiger partial charge >= 0.3 is 10.4 Å². The van der Waals surface area contributed by atoms with Crippen LogP contribution < -0.4 is 0 Å². The van der Waals surface area contributed by atoms with Crippen LogP contribution in [0.15, 0.2) is 0 Å². The Kier molecular flexibility index (Phi) is 9.12. The maximum absolute atomic E-state index is 11.0. The van der Waals surface area contributed by atoms with Crippen LogP contribution in [0.2, 0.25) is 0 Å². The van der Waals surface area contributed by atoms with Crippen LogP contribution in [0.5, 0.6) is 0 Å². The number of aliphatic hydroxyl groups is 8. The van der Waals surface area contributed by atoms with Crippen LogP contribution in [0.25, 0.3) is 0 Å². The molecule has 1 saturated heterocycles. The van der Waals surface area contributed by atoms with E-state index in [-0.39, 0.29) is 11.5 Å². The summed E-state index contributed by atoms with van der Waals surface area (Å²) < 4.78 is 35.0. The third-order valence-corrected chi connectivity index (χ3v) is 7.32. The van der Waals surface area contributed by atoms with E-state index in [4.69, 9.17) is 9.66 Å². The Morgan fingerprint density at radius 1 is 1.04 bits per heavy atom. The lowest BCUT2D eigenvalue weighted by Crippen LogP contribution is -2.53. The van der Waals surface area contributed by atoms with Crippen LogP contribution in [0, 0.1) is 0 Å². The summed E-state index contributed by atoms with van der Waals surface area (Å²) in [6.07, 6.45) is -12.6. The van der Waals surface area contributed by atoms with Gasteiger partial charge in [0.05, 0.1) is 13.2 Å². The maximum atomic E-state index is 11.0. The van der Waals surface area contributed by atoms with E-state index in [0.29, 0.717) is 0 Å². The molecule has 14 heteroatoms. The van der Waals surface area contributed by atoms with Gasteiger partial charge in [0, 0.05) is 10.9 Å². The van der Waals surface area contributed by atoms with Crippen molar-refractivity contribution in [2.45, 2.75) is 48.0 Å². The third kappa shape index (κ3) is 6.22. The number of rotatable bonds is 10. The van der Waals surface area contributed by atoms with Crippen molar-refractivity contribution in [1.29, 1.82) is 0 Å². The highest BCUT2D eigenvalue weighted by Crippen LogP contribution is 2.26. The third-order valence-electron chi connectivity index (χ3n) is 4.03. The number of aliphatic hydroxyl groups excluding tert-OH is 8. The molecule has 0 radical (unpaired) electrons. The molecule has 9 atom stereocenters. The van der Waals surface area contributed by atoms with Gasteiger partial charge in [-0.2, -0.15) is 8.42 Å². The second-order valence-electron chi connectivity index (χ2n) is 5.94. The summed E-state index contributed by atoms with van der Waals surface area (Å²) in [6, 6.07) is 0. The highest BCUT2D eigenvalue weighted by molar-refractivity contribution is 7.97. The lowest BCUT2D eigenvalue weighted by Gasteiger charge is -2.30. The van der Waals surface area contributed by atoms with Crippen LogP contribution in [0.4, 0.5) is 0 Å². The molecule has 0 aromatic carbocycles. The molecule has 0 bridgehead atoms. The topological polar surface area (TPSA) is 225 Å². The van der Waals surface area contributed by atoms with Crippen molar-refractivity contribution in [3.63, 3.8) is 0 Å². The van der Waals surface area contributed by atoms with E-state index in [2.05, 4.69) is 4.18 Å². The summed E-state index contributed by atoms with van der Waals surface area (Å²) >= 11 is 0. The zero-order valence-electron chi connectivity index (χ0n) is 13.5. The van der Waals surface area contributed by atoms with Crippen molar-refractivity contribution >= 4 is 21.3 Å². The van der Waals surface area contributed by atoms with Crippen molar-refractivity contribution in [1.82, 2.24) is 0 Å². The van der Waals surface area contributed by atoms with Gasteiger partial charge < -0.3 is 40.9 Å². The molecule has 0 unspecified atom stereocenters. The summed E-state index contributed by atoms with van der Waals surface area (Å²) in [5, 5.41) is 76.0. The highest BCUT2D eigenvalue weighted by atomic mass is 32.3. The molecule has 1 fully saturated rings. The summed E-state index contributed by atoms with van der Waals surface area (Å²) in [5.74, 6) is -0.363. The molecule has 26 heavy (non-hydrogen) atoms. The van der Waals surface area contributed by atoms with Gasteiger partial charge in [-0.05, 0) is 0 Å². The van der Waals surface area contributed by atoms with E-state index in [0.717, 1.165) is 0 Å². The molecule has 156 valence electrons. The van der Waals surface area contributed by atoms with Gasteiger partial charge in [0.1, 0.15) is 54.2 Å². The zero-order chi connectivity index (χ0) is 20.2. The van der Waals surface area contributed by atoms with Gasteiger partial charge in [-0.15, -0.1) is 0 Å². The first-order valence-corrected chi connectivity index (χ1v) is 10.5. The molecule has 9 N–H and O–H groups in total. The molecule has 12 nitrogen and oxygen atoms in total. The minimum absolute atomic E-state index is 0.0139. The van der Waals surface area contributed by atoms with Gasteiger partial charge in [0.15, 0.2) is 5.25 Å². The molecular weight excluding hydrogens is 400 g/mol.